The van der Waals surface area contributed by atoms with Crippen LogP contribution in [0.2, 0.25) is 0 Å². The van der Waals surface area contributed by atoms with Crippen molar-refractivity contribution in [3.05, 3.63) is 69.8 Å². The Balaban J connectivity index is 1.73. The molecule has 0 aromatic heterocycles. The lowest BCUT2D eigenvalue weighted by atomic mass is 10.1. The summed E-state index contributed by atoms with van der Waals surface area (Å²) in [4.78, 5) is 21.8. The number of amides is 1. The third-order valence-corrected chi connectivity index (χ3v) is 3.40. The number of nitrogens with one attached hydrogen (secondary N) is 1. The second-order valence-corrected chi connectivity index (χ2v) is 5.07. The van der Waals surface area contributed by atoms with Crippen molar-refractivity contribution in [1.82, 2.24) is 5.32 Å². The van der Waals surface area contributed by atoms with Crippen LogP contribution in [0, 0.1) is 17.0 Å². The molecule has 1 amide bonds. The Morgan fingerprint density at radius 3 is 2.52 bits per heavy atom. The lowest BCUT2D eigenvalue weighted by molar-refractivity contribution is -0.384. The van der Waals surface area contributed by atoms with Crippen molar-refractivity contribution in [3.63, 3.8) is 0 Å². The molecule has 6 nitrogen and oxygen atoms in total. The monoisotopic (exact) mass is 314 g/mol. The molecule has 6 heteroatoms. The van der Waals surface area contributed by atoms with Crippen molar-refractivity contribution >= 4 is 11.6 Å². The Labute approximate surface area is 134 Å². The number of nitro benzene ring substituents is 1. The van der Waals surface area contributed by atoms with E-state index in [0.29, 0.717) is 12.3 Å². The molecule has 0 bridgehead atoms. The third-order valence-electron chi connectivity index (χ3n) is 3.40. The topological polar surface area (TPSA) is 81.5 Å². The van der Waals surface area contributed by atoms with Gasteiger partial charge in [0.1, 0.15) is 5.75 Å². The molecule has 0 atom stereocenters. The summed E-state index contributed by atoms with van der Waals surface area (Å²) in [5.41, 5.74) is 2.38. The molecule has 0 saturated heterocycles. The van der Waals surface area contributed by atoms with Crippen LogP contribution in [0.25, 0.3) is 0 Å². The SMILES string of the molecule is Cc1ccccc1CCNC(=O)COc1ccc([N+](=O)[O-])cc1. The molecular weight excluding hydrogens is 296 g/mol. The second-order valence-electron chi connectivity index (χ2n) is 5.07. The first-order valence-electron chi connectivity index (χ1n) is 7.25. The van der Waals surface area contributed by atoms with Gasteiger partial charge in [0.25, 0.3) is 11.6 Å². The minimum absolute atomic E-state index is 0.0139. The molecule has 0 radical (unpaired) electrons. The van der Waals surface area contributed by atoms with E-state index >= 15 is 0 Å². The van der Waals surface area contributed by atoms with Crippen LogP contribution in [0.3, 0.4) is 0 Å². The van der Waals surface area contributed by atoms with Crippen LogP contribution in [0.5, 0.6) is 5.75 Å². The summed E-state index contributed by atoms with van der Waals surface area (Å²) in [6, 6.07) is 13.6. The van der Waals surface area contributed by atoms with E-state index < -0.39 is 4.92 Å². The highest BCUT2D eigenvalue weighted by atomic mass is 16.6. The Bertz CT molecular complexity index is 683. The average Bonchev–Trinajstić information content (AvgIpc) is 2.55. The number of aryl methyl sites for hydroxylation is 1. The first kappa shape index (κ1) is 16.5. The van der Waals surface area contributed by atoms with Crippen LogP contribution in [0.4, 0.5) is 5.69 Å². The second kappa shape index (κ2) is 7.93. The maximum Gasteiger partial charge on any atom is 0.269 e. The van der Waals surface area contributed by atoms with Gasteiger partial charge in [-0.25, -0.2) is 0 Å². The Kier molecular flexibility index (Phi) is 5.68. The molecule has 0 unspecified atom stereocenters. The fourth-order valence-electron chi connectivity index (χ4n) is 2.09. The van der Waals surface area contributed by atoms with Gasteiger partial charge in [-0.1, -0.05) is 24.3 Å². The highest BCUT2D eigenvalue weighted by molar-refractivity contribution is 5.77. The minimum Gasteiger partial charge on any atom is -0.484 e. The van der Waals surface area contributed by atoms with E-state index in [2.05, 4.69) is 5.32 Å². The normalized spacial score (nSPS) is 10.1. The van der Waals surface area contributed by atoms with Gasteiger partial charge in [0.2, 0.25) is 0 Å². The summed E-state index contributed by atoms with van der Waals surface area (Å²) in [7, 11) is 0. The molecule has 1 N–H and O–H groups in total. The molecule has 2 aromatic rings. The molecule has 0 aliphatic heterocycles. The summed E-state index contributed by atoms with van der Waals surface area (Å²) in [6.45, 7) is 2.45. The fraction of sp³-hybridized carbons (Fsp3) is 0.235. The number of nitrogens with zero attached hydrogens (tertiary/aromatic N) is 1. The molecule has 0 fully saturated rings. The van der Waals surface area contributed by atoms with E-state index in [-0.39, 0.29) is 18.2 Å². The number of nitro groups is 1. The van der Waals surface area contributed by atoms with Gasteiger partial charge >= 0.3 is 0 Å². The predicted octanol–water partition coefficient (Wildman–Crippen LogP) is 2.64. The van der Waals surface area contributed by atoms with Crippen molar-refractivity contribution in [1.29, 1.82) is 0 Å². The van der Waals surface area contributed by atoms with E-state index in [4.69, 9.17) is 4.74 Å². The zero-order chi connectivity index (χ0) is 16.7. The Morgan fingerprint density at radius 1 is 1.17 bits per heavy atom. The number of non-ortho nitro benzene ring substituents is 1. The Morgan fingerprint density at radius 2 is 1.87 bits per heavy atom. The zero-order valence-electron chi connectivity index (χ0n) is 12.8. The molecule has 0 saturated carbocycles. The van der Waals surface area contributed by atoms with Gasteiger partial charge in [-0.2, -0.15) is 0 Å². The molecule has 0 aliphatic rings. The van der Waals surface area contributed by atoms with Crippen LogP contribution < -0.4 is 10.1 Å². The first-order chi connectivity index (χ1) is 11.1. The molecule has 0 spiro atoms. The summed E-state index contributed by atoms with van der Waals surface area (Å²) in [5.74, 6) is 0.196. The van der Waals surface area contributed by atoms with Gasteiger partial charge in [0.05, 0.1) is 4.92 Å². The lowest BCUT2D eigenvalue weighted by Crippen LogP contribution is -2.30. The minimum atomic E-state index is -0.484. The number of hydrogen-bond acceptors (Lipinski definition) is 4. The van der Waals surface area contributed by atoms with Gasteiger partial charge in [0, 0.05) is 18.7 Å². The van der Waals surface area contributed by atoms with Crippen molar-refractivity contribution < 1.29 is 14.5 Å². The average molecular weight is 314 g/mol. The smallest absolute Gasteiger partial charge is 0.269 e. The first-order valence-corrected chi connectivity index (χ1v) is 7.25. The van der Waals surface area contributed by atoms with E-state index in [1.807, 2.05) is 31.2 Å². The van der Waals surface area contributed by atoms with Crippen LogP contribution in [-0.4, -0.2) is 24.0 Å². The largest absolute Gasteiger partial charge is 0.484 e. The molecule has 120 valence electrons. The molecular formula is C17H18N2O4. The van der Waals surface area contributed by atoms with E-state index in [1.54, 1.807) is 0 Å². The van der Waals surface area contributed by atoms with Gasteiger partial charge in [-0.05, 0) is 36.6 Å². The van der Waals surface area contributed by atoms with Gasteiger partial charge in [-0.3, -0.25) is 14.9 Å². The van der Waals surface area contributed by atoms with E-state index in [0.717, 1.165) is 6.42 Å². The van der Waals surface area contributed by atoms with E-state index in [9.17, 15) is 14.9 Å². The highest BCUT2D eigenvalue weighted by Gasteiger charge is 2.06. The van der Waals surface area contributed by atoms with Gasteiger partial charge < -0.3 is 10.1 Å². The molecule has 0 aliphatic carbocycles. The fourth-order valence-corrected chi connectivity index (χ4v) is 2.09. The summed E-state index contributed by atoms with van der Waals surface area (Å²) < 4.78 is 5.29. The summed E-state index contributed by atoms with van der Waals surface area (Å²) >= 11 is 0. The summed E-state index contributed by atoms with van der Waals surface area (Å²) in [5, 5.41) is 13.3. The van der Waals surface area contributed by atoms with Gasteiger partial charge in [-0.15, -0.1) is 0 Å². The maximum atomic E-state index is 11.7. The van der Waals surface area contributed by atoms with Crippen molar-refractivity contribution in [3.8, 4) is 5.75 Å². The lowest BCUT2D eigenvalue weighted by Gasteiger charge is -2.08. The quantitative estimate of drug-likeness (QED) is 0.629. The van der Waals surface area contributed by atoms with E-state index in [1.165, 1.54) is 35.4 Å². The van der Waals surface area contributed by atoms with Crippen LogP contribution in [0.15, 0.2) is 48.5 Å². The van der Waals surface area contributed by atoms with Crippen LogP contribution in [0.1, 0.15) is 11.1 Å². The highest BCUT2D eigenvalue weighted by Crippen LogP contribution is 2.17. The Hall–Kier alpha value is -2.89. The number of rotatable bonds is 7. The number of carbonyl (C=O) groups is 1. The maximum absolute atomic E-state index is 11.7. The van der Waals surface area contributed by atoms with Crippen LogP contribution >= 0.6 is 0 Å². The molecule has 23 heavy (non-hydrogen) atoms. The number of ether oxygens (including phenoxy) is 1. The predicted molar refractivity (Wildman–Crippen MR) is 86.5 cm³/mol. The third kappa shape index (κ3) is 5.10. The van der Waals surface area contributed by atoms with Crippen molar-refractivity contribution in [2.75, 3.05) is 13.2 Å². The zero-order valence-corrected chi connectivity index (χ0v) is 12.8. The summed E-state index contributed by atoms with van der Waals surface area (Å²) in [6.07, 6.45) is 0.760. The molecule has 2 rings (SSSR count). The number of hydrogen-bond donors (Lipinski definition) is 1. The van der Waals surface area contributed by atoms with Gasteiger partial charge in [0.15, 0.2) is 6.61 Å². The molecule has 2 aromatic carbocycles. The van der Waals surface area contributed by atoms with Crippen molar-refractivity contribution in [2.45, 2.75) is 13.3 Å². The molecule has 0 heterocycles. The number of carbonyl (C=O) groups excluding carboxylic acids is 1. The van der Waals surface area contributed by atoms with Crippen LogP contribution in [-0.2, 0) is 11.2 Å². The number of benzene rings is 2. The standard InChI is InChI=1S/C17H18N2O4/c1-13-4-2-3-5-14(13)10-11-18-17(20)12-23-16-8-6-15(7-9-16)19(21)22/h2-9H,10-12H2,1H3,(H,18,20). The van der Waals surface area contributed by atoms with Crippen molar-refractivity contribution in [2.24, 2.45) is 0 Å².